The first kappa shape index (κ1) is 10.3. The van der Waals surface area contributed by atoms with Gasteiger partial charge in [-0.05, 0) is 19.3 Å². The monoisotopic (exact) mass is 195 g/mol. The van der Waals surface area contributed by atoms with Gasteiger partial charge in [0.2, 0.25) is 0 Å². The Balaban J connectivity index is 2.57. The Morgan fingerprint density at radius 3 is 2.69 bits per heavy atom. The minimum atomic E-state index is -4.09. The standard InChI is InChI=1S/C8H12F3NO/c1-13-12-7-4-2-3-6(5-7)8(9,10)11/h6H,2-5H2,1H3/b12-7+. The smallest absolute Gasteiger partial charge is 0.392 e. The Bertz CT molecular complexity index is 200. The first-order chi connectivity index (χ1) is 6.04. The Morgan fingerprint density at radius 1 is 1.46 bits per heavy atom. The number of hydrogen-bond acceptors (Lipinski definition) is 2. The maximum absolute atomic E-state index is 12.3. The third-order valence-electron chi connectivity index (χ3n) is 2.18. The third kappa shape index (κ3) is 2.90. The van der Waals surface area contributed by atoms with Gasteiger partial charge in [-0.15, -0.1) is 0 Å². The van der Waals surface area contributed by atoms with Gasteiger partial charge >= 0.3 is 6.18 Å². The first-order valence-electron chi connectivity index (χ1n) is 4.19. The van der Waals surface area contributed by atoms with Crippen LogP contribution in [0.2, 0.25) is 0 Å². The number of oxime groups is 1. The van der Waals surface area contributed by atoms with Crippen molar-refractivity contribution in [1.82, 2.24) is 0 Å². The molecule has 1 rings (SSSR count). The van der Waals surface area contributed by atoms with Gasteiger partial charge in [-0.25, -0.2) is 0 Å². The largest absolute Gasteiger partial charge is 0.399 e. The predicted octanol–water partition coefficient (Wildman–Crippen LogP) is 2.74. The molecule has 76 valence electrons. The van der Waals surface area contributed by atoms with E-state index in [1.807, 2.05) is 0 Å². The summed E-state index contributed by atoms with van der Waals surface area (Å²) in [5.41, 5.74) is 0.524. The molecule has 0 amide bonds. The van der Waals surface area contributed by atoms with Crippen LogP contribution < -0.4 is 0 Å². The van der Waals surface area contributed by atoms with E-state index in [0.29, 0.717) is 18.6 Å². The molecule has 0 aromatic heterocycles. The summed E-state index contributed by atoms with van der Waals surface area (Å²) in [7, 11) is 1.35. The Morgan fingerprint density at radius 2 is 2.15 bits per heavy atom. The second-order valence-electron chi connectivity index (χ2n) is 3.17. The van der Waals surface area contributed by atoms with Gasteiger partial charge in [0.05, 0.1) is 11.6 Å². The summed E-state index contributed by atoms with van der Waals surface area (Å²) in [6.07, 6.45) is -2.70. The summed E-state index contributed by atoms with van der Waals surface area (Å²) in [6, 6.07) is 0. The van der Waals surface area contributed by atoms with Gasteiger partial charge < -0.3 is 4.84 Å². The van der Waals surface area contributed by atoms with Crippen molar-refractivity contribution >= 4 is 5.71 Å². The molecule has 1 saturated carbocycles. The lowest BCUT2D eigenvalue weighted by molar-refractivity contribution is -0.175. The van der Waals surface area contributed by atoms with Gasteiger partial charge in [-0.3, -0.25) is 0 Å². The maximum atomic E-state index is 12.3. The molecule has 13 heavy (non-hydrogen) atoms. The highest BCUT2D eigenvalue weighted by Crippen LogP contribution is 2.36. The van der Waals surface area contributed by atoms with Crippen LogP contribution in [0.5, 0.6) is 0 Å². The second kappa shape index (κ2) is 3.98. The van der Waals surface area contributed by atoms with Crippen LogP contribution in [0, 0.1) is 5.92 Å². The van der Waals surface area contributed by atoms with Crippen molar-refractivity contribution in [2.75, 3.05) is 7.11 Å². The first-order valence-corrected chi connectivity index (χ1v) is 4.19. The molecule has 0 aromatic carbocycles. The van der Waals surface area contributed by atoms with Crippen molar-refractivity contribution in [1.29, 1.82) is 0 Å². The topological polar surface area (TPSA) is 21.6 Å². The molecule has 0 heterocycles. The van der Waals surface area contributed by atoms with E-state index in [-0.39, 0.29) is 12.8 Å². The molecule has 0 radical (unpaired) electrons. The van der Waals surface area contributed by atoms with E-state index in [2.05, 4.69) is 9.99 Å². The van der Waals surface area contributed by atoms with E-state index in [1.165, 1.54) is 7.11 Å². The van der Waals surface area contributed by atoms with E-state index < -0.39 is 12.1 Å². The molecular formula is C8H12F3NO. The molecule has 0 bridgehead atoms. The fourth-order valence-electron chi connectivity index (χ4n) is 1.53. The van der Waals surface area contributed by atoms with E-state index >= 15 is 0 Å². The van der Waals surface area contributed by atoms with Crippen LogP contribution in [0.1, 0.15) is 25.7 Å². The van der Waals surface area contributed by atoms with Crippen LogP contribution >= 0.6 is 0 Å². The van der Waals surface area contributed by atoms with Gasteiger partial charge in [-0.1, -0.05) is 5.16 Å². The predicted molar refractivity (Wildman–Crippen MR) is 42.5 cm³/mol. The van der Waals surface area contributed by atoms with Crippen LogP contribution in [0.3, 0.4) is 0 Å². The normalized spacial score (nSPS) is 27.7. The van der Waals surface area contributed by atoms with E-state index in [4.69, 9.17) is 0 Å². The molecule has 0 aliphatic heterocycles. The van der Waals surface area contributed by atoms with Crippen LogP contribution in [-0.2, 0) is 4.84 Å². The molecular weight excluding hydrogens is 183 g/mol. The number of rotatable bonds is 1. The van der Waals surface area contributed by atoms with Crippen molar-refractivity contribution in [3.8, 4) is 0 Å². The minimum Gasteiger partial charge on any atom is -0.399 e. The number of halogens is 3. The molecule has 2 nitrogen and oxygen atoms in total. The summed E-state index contributed by atoms with van der Waals surface area (Å²) in [4.78, 5) is 4.46. The summed E-state index contributed by atoms with van der Waals surface area (Å²) in [5.74, 6) is -1.23. The summed E-state index contributed by atoms with van der Waals surface area (Å²) in [6.45, 7) is 0. The zero-order valence-corrected chi connectivity index (χ0v) is 7.40. The molecule has 0 N–H and O–H groups in total. The second-order valence-corrected chi connectivity index (χ2v) is 3.17. The van der Waals surface area contributed by atoms with Gasteiger partial charge in [0.1, 0.15) is 7.11 Å². The molecule has 1 aliphatic rings. The van der Waals surface area contributed by atoms with Crippen molar-refractivity contribution in [3.63, 3.8) is 0 Å². The SMILES string of the molecule is CO/N=C1\CCCC(C(F)(F)F)C1. The van der Waals surface area contributed by atoms with Crippen LogP contribution in [0.4, 0.5) is 13.2 Å². The maximum Gasteiger partial charge on any atom is 0.392 e. The number of hydrogen-bond donors (Lipinski definition) is 0. The van der Waals surface area contributed by atoms with Gasteiger partial charge in [-0.2, -0.15) is 13.2 Å². The molecule has 5 heteroatoms. The Kier molecular flexibility index (Phi) is 3.17. The fourth-order valence-corrected chi connectivity index (χ4v) is 1.53. The molecule has 0 spiro atoms. The van der Waals surface area contributed by atoms with E-state index in [1.54, 1.807) is 0 Å². The zero-order valence-electron chi connectivity index (χ0n) is 7.40. The summed E-state index contributed by atoms with van der Waals surface area (Å²) in [5, 5.41) is 3.56. The fraction of sp³-hybridized carbons (Fsp3) is 0.875. The molecule has 0 saturated heterocycles. The number of alkyl halides is 3. The highest BCUT2D eigenvalue weighted by atomic mass is 19.4. The van der Waals surface area contributed by atoms with Gasteiger partial charge in [0.25, 0.3) is 0 Å². The molecule has 0 aromatic rings. The minimum absolute atomic E-state index is 0.00264. The summed E-state index contributed by atoms with van der Waals surface area (Å²) < 4.78 is 36.8. The number of nitrogens with zero attached hydrogens (tertiary/aromatic N) is 1. The highest BCUT2D eigenvalue weighted by Gasteiger charge is 2.41. The van der Waals surface area contributed by atoms with Crippen molar-refractivity contribution in [2.45, 2.75) is 31.9 Å². The average molecular weight is 195 g/mol. The van der Waals surface area contributed by atoms with E-state index in [0.717, 1.165) is 0 Å². The molecule has 1 aliphatic carbocycles. The lowest BCUT2D eigenvalue weighted by atomic mass is 9.87. The van der Waals surface area contributed by atoms with Gasteiger partial charge in [0, 0.05) is 6.42 Å². The molecule has 1 fully saturated rings. The summed E-state index contributed by atoms with van der Waals surface area (Å²) >= 11 is 0. The Labute approximate surface area is 74.7 Å². The third-order valence-corrected chi connectivity index (χ3v) is 2.18. The van der Waals surface area contributed by atoms with Gasteiger partial charge in [0.15, 0.2) is 0 Å². The highest BCUT2D eigenvalue weighted by molar-refractivity contribution is 5.84. The molecule has 1 unspecified atom stereocenters. The van der Waals surface area contributed by atoms with E-state index in [9.17, 15) is 13.2 Å². The quantitative estimate of drug-likeness (QED) is 0.589. The lowest BCUT2D eigenvalue weighted by Gasteiger charge is -2.24. The molecule has 1 atom stereocenters. The van der Waals surface area contributed by atoms with Crippen LogP contribution in [0.15, 0.2) is 5.16 Å². The zero-order chi connectivity index (χ0) is 9.90. The van der Waals surface area contributed by atoms with Crippen molar-refractivity contribution in [2.24, 2.45) is 11.1 Å². The Hall–Kier alpha value is -0.740. The van der Waals surface area contributed by atoms with Crippen LogP contribution in [-0.4, -0.2) is 19.0 Å². The lowest BCUT2D eigenvalue weighted by Crippen LogP contribution is -2.28. The van der Waals surface area contributed by atoms with Crippen molar-refractivity contribution < 1.29 is 18.0 Å². The van der Waals surface area contributed by atoms with Crippen LogP contribution in [0.25, 0.3) is 0 Å². The average Bonchev–Trinajstić information content (AvgIpc) is 2.04. The van der Waals surface area contributed by atoms with Crippen molar-refractivity contribution in [3.05, 3.63) is 0 Å².